The van der Waals surface area contributed by atoms with Crippen LogP contribution in [-0.2, 0) is 20.8 Å². The second-order valence-electron chi connectivity index (χ2n) is 2.05. The van der Waals surface area contributed by atoms with E-state index in [0.29, 0.717) is 6.04 Å². The van der Waals surface area contributed by atoms with Gasteiger partial charge in [0.15, 0.2) is 0 Å². The molecule has 0 radical (unpaired) electrons. The maximum absolute atomic E-state index is 5.12. The molecule has 1 unspecified atom stereocenters. The predicted molar refractivity (Wildman–Crippen MR) is 56.5 cm³/mol. The lowest BCUT2D eigenvalue weighted by atomic mass is 10.4. The fourth-order valence-electron chi connectivity index (χ4n) is 0.504. The Hall–Kier alpha value is 1.26. The van der Waals surface area contributed by atoms with E-state index in [1.165, 1.54) is 0 Å². The van der Waals surface area contributed by atoms with Gasteiger partial charge in [0.1, 0.15) is 0 Å². The van der Waals surface area contributed by atoms with Crippen LogP contribution < -0.4 is 0 Å². The van der Waals surface area contributed by atoms with Gasteiger partial charge in [-0.25, -0.2) is 4.31 Å². The molecule has 0 saturated heterocycles. The summed E-state index contributed by atoms with van der Waals surface area (Å²) in [6.07, 6.45) is 2.08. The van der Waals surface area contributed by atoms with Crippen molar-refractivity contribution in [3.63, 3.8) is 0 Å². The molecule has 1 atom stereocenters. The van der Waals surface area contributed by atoms with E-state index in [1.54, 1.807) is 0 Å². The second-order valence-corrected chi connectivity index (χ2v) is 5.50. The van der Waals surface area contributed by atoms with E-state index in [0.717, 1.165) is 4.55 Å². The summed E-state index contributed by atoms with van der Waals surface area (Å²) in [5, 5.41) is 0. The molecule has 0 fully saturated rings. The number of alkyl halides is 1. The molecule has 0 aromatic carbocycles. The summed E-state index contributed by atoms with van der Waals surface area (Å²) in [5.41, 5.74) is 0. The lowest BCUT2D eigenvalue weighted by Crippen LogP contribution is -2.29. The Kier molecular flexibility index (Phi) is 5.68. The first-order valence-electron chi connectivity index (χ1n) is 2.75. The average molecular weight is 277 g/mol. The van der Waals surface area contributed by atoms with Crippen molar-refractivity contribution in [3.8, 4) is 0 Å². The summed E-state index contributed by atoms with van der Waals surface area (Å²) < 4.78 is 3.33. The fraction of sp³-hybridized carbons (Fsp3) is 1.00. The third kappa shape index (κ3) is 3.85. The maximum atomic E-state index is 5.12. The fourth-order valence-corrected chi connectivity index (χ4v) is 4.52. The molecular weight excluding hydrogens is 265 g/mol. The summed E-state index contributed by atoms with van der Waals surface area (Å²) in [7, 11) is 0.0257. The van der Waals surface area contributed by atoms with Gasteiger partial charge in [-0.1, -0.05) is 32.2 Å². The number of halogens is 1. The van der Waals surface area contributed by atoms with Gasteiger partial charge in [-0.05, 0) is 25.0 Å². The highest BCUT2D eigenvalue weighted by atomic mass is 127. The van der Waals surface area contributed by atoms with Crippen LogP contribution in [0.4, 0.5) is 0 Å². The van der Waals surface area contributed by atoms with Gasteiger partial charge < -0.3 is 0 Å². The molecule has 0 N–H and O–H groups in total. The SMILES string of the molecule is CC(C)N(CI)S(C)=S. The molecule has 0 bridgehead atoms. The maximum Gasteiger partial charge on any atom is 0.0613 e. The van der Waals surface area contributed by atoms with Crippen molar-refractivity contribution in [2.24, 2.45) is 0 Å². The predicted octanol–water partition coefficient (Wildman–Crippen LogP) is 1.71. The Labute approximate surface area is 78.1 Å². The molecule has 0 aliphatic carbocycles. The number of hydrogen-bond donors (Lipinski definition) is 0. The van der Waals surface area contributed by atoms with Gasteiger partial charge in [0.25, 0.3) is 0 Å². The van der Waals surface area contributed by atoms with Crippen molar-refractivity contribution in [3.05, 3.63) is 0 Å². The second kappa shape index (κ2) is 4.98. The van der Waals surface area contributed by atoms with Crippen molar-refractivity contribution < 1.29 is 0 Å². The summed E-state index contributed by atoms with van der Waals surface area (Å²) in [4.78, 5) is 0. The van der Waals surface area contributed by atoms with Gasteiger partial charge in [-0.3, -0.25) is 0 Å². The number of hydrogen-bond acceptors (Lipinski definition) is 1. The van der Waals surface area contributed by atoms with Crippen LogP contribution in [0.25, 0.3) is 0 Å². The molecule has 0 aliphatic heterocycles. The van der Waals surface area contributed by atoms with E-state index in [1.807, 2.05) is 0 Å². The van der Waals surface area contributed by atoms with Crippen molar-refractivity contribution >= 4 is 43.4 Å². The van der Waals surface area contributed by atoms with Gasteiger partial charge in [0.2, 0.25) is 0 Å². The van der Waals surface area contributed by atoms with Crippen molar-refractivity contribution in [2.45, 2.75) is 19.9 Å². The van der Waals surface area contributed by atoms with Gasteiger partial charge in [-0.2, -0.15) is 0 Å². The van der Waals surface area contributed by atoms with Crippen LogP contribution in [0.5, 0.6) is 0 Å². The third-order valence-corrected chi connectivity index (χ3v) is 4.01. The zero-order valence-electron chi connectivity index (χ0n) is 5.93. The monoisotopic (exact) mass is 277 g/mol. The van der Waals surface area contributed by atoms with Crippen LogP contribution in [0, 0.1) is 0 Å². The number of rotatable bonds is 3. The van der Waals surface area contributed by atoms with Crippen molar-refractivity contribution in [1.82, 2.24) is 4.31 Å². The standard InChI is InChI=1S/C5H12INS2/c1-5(2)7(4-6)9(3)8/h5H,4H2,1-3H3. The highest BCUT2D eigenvalue weighted by Gasteiger charge is 2.06. The molecule has 9 heavy (non-hydrogen) atoms. The molecule has 0 saturated carbocycles. The van der Waals surface area contributed by atoms with Crippen LogP contribution in [0.2, 0.25) is 0 Å². The summed E-state index contributed by atoms with van der Waals surface area (Å²) >= 11 is 7.47. The zero-order valence-corrected chi connectivity index (χ0v) is 9.72. The first kappa shape index (κ1) is 10.3. The molecule has 0 aromatic heterocycles. The Morgan fingerprint density at radius 2 is 2.11 bits per heavy atom. The Morgan fingerprint density at radius 1 is 1.67 bits per heavy atom. The molecule has 0 heterocycles. The van der Waals surface area contributed by atoms with E-state index in [4.69, 9.17) is 11.2 Å². The van der Waals surface area contributed by atoms with Crippen molar-refractivity contribution in [2.75, 3.05) is 10.8 Å². The van der Waals surface area contributed by atoms with E-state index < -0.39 is 0 Å². The highest BCUT2D eigenvalue weighted by Crippen LogP contribution is 2.03. The quantitative estimate of drug-likeness (QED) is 0.439. The molecule has 1 nitrogen and oxygen atoms in total. The Morgan fingerprint density at radius 3 is 2.11 bits per heavy atom. The van der Waals surface area contributed by atoms with Gasteiger partial charge in [-0.15, -0.1) is 0 Å². The molecular formula is C5H12INS2. The molecule has 4 heteroatoms. The van der Waals surface area contributed by atoms with E-state index in [-0.39, 0.29) is 9.64 Å². The molecule has 56 valence electrons. The first-order valence-corrected chi connectivity index (χ1v) is 6.79. The number of nitrogens with zero attached hydrogens (tertiary/aromatic N) is 1. The van der Waals surface area contributed by atoms with Crippen LogP contribution in [-0.4, -0.2) is 21.2 Å². The van der Waals surface area contributed by atoms with Gasteiger partial charge in [0.05, 0.1) is 4.55 Å². The molecule has 0 amide bonds. The van der Waals surface area contributed by atoms with Crippen molar-refractivity contribution in [1.29, 1.82) is 0 Å². The highest BCUT2D eigenvalue weighted by molar-refractivity contribution is 14.1. The Balaban J connectivity index is 3.83. The minimum atomic E-state index is 0.0257. The molecule has 0 spiro atoms. The minimum Gasteiger partial charge on any atom is -0.235 e. The molecule has 0 aliphatic rings. The molecule has 0 rings (SSSR count). The lowest BCUT2D eigenvalue weighted by molar-refractivity contribution is 0.460. The normalized spacial score (nSPS) is 14.9. The lowest BCUT2D eigenvalue weighted by Gasteiger charge is -2.22. The van der Waals surface area contributed by atoms with E-state index >= 15 is 0 Å². The third-order valence-electron chi connectivity index (χ3n) is 1.02. The van der Waals surface area contributed by atoms with Gasteiger partial charge in [0, 0.05) is 12.3 Å². The van der Waals surface area contributed by atoms with Crippen LogP contribution in [0.3, 0.4) is 0 Å². The largest absolute Gasteiger partial charge is 0.235 e. The minimum absolute atomic E-state index is 0.0257. The summed E-state index contributed by atoms with van der Waals surface area (Å²) in [5.74, 6) is 0. The summed E-state index contributed by atoms with van der Waals surface area (Å²) in [6, 6.07) is 0.590. The topological polar surface area (TPSA) is 3.24 Å². The zero-order chi connectivity index (χ0) is 7.44. The molecule has 0 aromatic rings. The van der Waals surface area contributed by atoms with E-state index in [9.17, 15) is 0 Å². The van der Waals surface area contributed by atoms with Crippen LogP contribution in [0.15, 0.2) is 0 Å². The van der Waals surface area contributed by atoms with Crippen LogP contribution in [0.1, 0.15) is 13.8 Å². The van der Waals surface area contributed by atoms with E-state index in [2.05, 4.69) is 47.0 Å². The first-order chi connectivity index (χ1) is 4.09. The average Bonchev–Trinajstić information content (AvgIpc) is 1.64. The smallest absolute Gasteiger partial charge is 0.0613 e. The van der Waals surface area contributed by atoms with Crippen LogP contribution >= 0.6 is 22.6 Å². The summed E-state index contributed by atoms with van der Waals surface area (Å²) in [6.45, 7) is 4.35. The Bertz CT molecular complexity index is 105. The van der Waals surface area contributed by atoms with Gasteiger partial charge >= 0.3 is 0 Å².